The summed E-state index contributed by atoms with van der Waals surface area (Å²) in [5.74, 6) is -29.9. The zero-order valence-corrected chi connectivity index (χ0v) is 14.8. The second kappa shape index (κ2) is 7.75. The molecule has 0 fully saturated rings. The van der Waals surface area contributed by atoms with Crippen LogP contribution in [0.2, 0.25) is 0 Å². The van der Waals surface area contributed by atoms with Crippen molar-refractivity contribution in [3.63, 3.8) is 0 Å². The molecule has 0 aromatic carbocycles. The number of halogens is 12. The average Bonchev–Trinajstić information content (AvgIpc) is 2.34. The van der Waals surface area contributed by atoms with E-state index in [0.29, 0.717) is 0 Å². The predicted octanol–water partition coefficient (Wildman–Crippen LogP) is -0.0244. The van der Waals surface area contributed by atoms with Gasteiger partial charge in [0.05, 0.1) is 0 Å². The second-order valence-corrected chi connectivity index (χ2v) is 5.34. The number of hydrogen-bond donors (Lipinski definition) is 0. The maximum absolute atomic E-state index is 12.8. The number of hydrogen-bond acceptors (Lipinski definition) is 3. The van der Waals surface area contributed by atoms with Gasteiger partial charge >= 0.3 is 75.1 Å². The summed E-state index contributed by atoms with van der Waals surface area (Å²) >= 11 is 0. The third kappa shape index (κ3) is 4.33. The molecule has 17 heteroatoms. The van der Waals surface area contributed by atoms with Crippen LogP contribution in [-0.2, 0) is 10.1 Å². The molecule has 24 heavy (non-hydrogen) atoms. The van der Waals surface area contributed by atoms with Crippen LogP contribution in [0.4, 0.5) is 52.7 Å². The minimum atomic E-state index is -7.72. The first-order valence-corrected chi connectivity index (χ1v) is 6.25. The standard InChI is InChI=1S/C7H4F12O3S.K/c8-1(2(9)10)4(12,13)6(16,17)7(18,19)5(14,15)3(11)23(20,21)22;/h1-3H,(H,20,21,22);/q;+1/p-1. The Kier molecular flexibility index (Phi) is 8.70. The molecular weight excluding hydrogens is 431 g/mol. The quantitative estimate of drug-likeness (QED) is 0.322. The van der Waals surface area contributed by atoms with Crippen LogP contribution >= 0.6 is 0 Å². The Morgan fingerprint density at radius 1 is 0.708 bits per heavy atom. The Hall–Kier alpha value is 0.706. The van der Waals surface area contributed by atoms with Crippen LogP contribution in [0, 0.1) is 0 Å². The molecule has 0 spiro atoms. The number of rotatable bonds is 7. The summed E-state index contributed by atoms with van der Waals surface area (Å²) in [5.41, 5.74) is -5.64. The molecule has 0 amide bonds. The Labute approximate surface area is 167 Å². The van der Waals surface area contributed by atoms with Crippen molar-refractivity contribution in [3.05, 3.63) is 0 Å². The Balaban J connectivity index is 0. The largest absolute Gasteiger partial charge is 1.00 e. The maximum Gasteiger partial charge on any atom is 1.00 e. The third-order valence-electron chi connectivity index (χ3n) is 2.34. The first-order chi connectivity index (χ1) is 9.76. The van der Waals surface area contributed by atoms with Crippen LogP contribution in [0.3, 0.4) is 0 Å². The van der Waals surface area contributed by atoms with Crippen molar-refractivity contribution in [2.45, 2.75) is 41.8 Å². The molecule has 2 unspecified atom stereocenters. The van der Waals surface area contributed by atoms with Crippen molar-refractivity contribution in [1.29, 1.82) is 0 Å². The molecule has 3 nitrogen and oxygen atoms in total. The van der Waals surface area contributed by atoms with E-state index >= 15 is 0 Å². The van der Waals surface area contributed by atoms with Gasteiger partial charge in [-0.3, -0.25) is 0 Å². The minimum Gasteiger partial charge on any atom is -0.746 e. The topological polar surface area (TPSA) is 57.2 Å². The molecule has 0 aromatic rings. The molecule has 0 heterocycles. The molecule has 0 rings (SSSR count). The van der Waals surface area contributed by atoms with Crippen LogP contribution in [-0.4, -0.2) is 54.8 Å². The van der Waals surface area contributed by atoms with E-state index in [2.05, 4.69) is 0 Å². The predicted molar refractivity (Wildman–Crippen MR) is 45.3 cm³/mol. The average molecular weight is 434 g/mol. The SMILES string of the molecule is O=S(=O)([O-])C(F)C(F)(F)C(F)(F)C(F)(F)C(F)(F)C(F)C(F)F.[K+]. The van der Waals surface area contributed by atoms with Crippen molar-refractivity contribution in [3.8, 4) is 0 Å². The van der Waals surface area contributed by atoms with Crippen molar-refractivity contribution in [1.82, 2.24) is 0 Å². The van der Waals surface area contributed by atoms with Gasteiger partial charge in [-0.1, -0.05) is 0 Å². The molecule has 0 aliphatic heterocycles. The van der Waals surface area contributed by atoms with E-state index in [9.17, 15) is 65.7 Å². The summed E-state index contributed by atoms with van der Waals surface area (Å²) in [5, 5.41) is 0. The smallest absolute Gasteiger partial charge is 0.746 e. The van der Waals surface area contributed by atoms with Crippen LogP contribution in [0.5, 0.6) is 0 Å². The zero-order chi connectivity index (χ0) is 19.2. The fourth-order valence-electron chi connectivity index (χ4n) is 1.07. The molecule has 0 aliphatic rings. The first kappa shape index (κ1) is 26.9. The van der Waals surface area contributed by atoms with Gasteiger partial charge in [-0.2, -0.15) is 35.1 Å². The molecule has 0 saturated carbocycles. The van der Waals surface area contributed by atoms with E-state index < -0.39 is 51.9 Å². The number of alkyl halides is 12. The molecule has 140 valence electrons. The molecule has 0 saturated heterocycles. The van der Waals surface area contributed by atoms with Gasteiger partial charge in [-0.25, -0.2) is 26.0 Å². The van der Waals surface area contributed by atoms with E-state index in [0.717, 1.165) is 0 Å². The van der Waals surface area contributed by atoms with Crippen molar-refractivity contribution in [2.24, 2.45) is 0 Å². The molecule has 2 atom stereocenters. The van der Waals surface area contributed by atoms with Gasteiger partial charge in [0.2, 0.25) is 6.17 Å². The van der Waals surface area contributed by atoms with E-state index in [1.165, 1.54) is 0 Å². The molecule has 0 N–H and O–H groups in total. The Bertz CT molecular complexity index is 535. The fraction of sp³-hybridized carbons (Fsp3) is 1.00. The van der Waals surface area contributed by atoms with Crippen LogP contribution < -0.4 is 51.4 Å². The minimum absolute atomic E-state index is 0. The van der Waals surface area contributed by atoms with E-state index in [1.54, 1.807) is 0 Å². The summed E-state index contributed by atoms with van der Waals surface area (Å²) in [6, 6.07) is 0. The molecule has 0 aliphatic carbocycles. The fourth-order valence-corrected chi connectivity index (χ4v) is 1.58. The van der Waals surface area contributed by atoms with E-state index in [1.807, 2.05) is 0 Å². The molecule has 0 bridgehead atoms. The van der Waals surface area contributed by atoms with Gasteiger partial charge in [0.25, 0.3) is 11.9 Å². The summed E-state index contributed by atoms with van der Waals surface area (Å²) in [6.07, 6.45) is -10.4. The van der Waals surface area contributed by atoms with Crippen molar-refractivity contribution >= 4 is 10.1 Å². The van der Waals surface area contributed by atoms with Gasteiger partial charge in [0.1, 0.15) is 10.1 Å². The summed E-state index contributed by atoms with van der Waals surface area (Å²) < 4.78 is 180. The van der Waals surface area contributed by atoms with Gasteiger partial charge < -0.3 is 4.55 Å². The summed E-state index contributed by atoms with van der Waals surface area (Å²) in [7, 11) is -7.05. The third-order valence-corrected chi connectivity index (χ3v) is 3.14. The van der Waals surface area contributed by atoms with E-state index in [4.69, 9.17) is 0 Å². The Morgan fingerprint density at radius 2 is 1.00 bits per heavy atom. The normalized spacial score (nSPS) is 17.4. The second-order valence-electron chi connectivity index (χ2n) is 3.94. The van der Waals surface area contributed by atoms with Gasteiger partial charge in [-0.15, -0.1) is 0 Å². The first-order valence-electron chi connectivity index (χ1n) is 4.78. The van der Waals surface area contributed by atoms with Crippen LogP contribution in [0.15, 0.2) is 0 Å². The zero-order valence-electron chi connectivity index (χ0n) is 10.9. The monoisotopic (exact) mass is 434 g/mol. The van der Waals surface area contributed by atoms with Gasteiger partial charge in [0.15, 0.2) is 0 Å². The van der Waals surface area contributed by atoms with Crippen LogP contribution in [0.1, 0.15) is 0 Å². The molecular formula is C7H3F12KO3S. The molecule has 0 aromatic heterocycles. The van der Waals surface area contributed by atoms with Gasteiger partial charge in [0, 0.05) is 0 Å². The Morgan fingerprint density at radius 3 is 1.25 bits per heavy atom. The van der Waals surface area contributed by atoms with Crippen molar-refractivity contribution in [2.75, 3.05) is 0 Å². The van der Waals surface area contributed by atoms with Crippen LogP contribution in [0.25, 0.3) is 0 Å². The summed E-state index contributed by atoms with van der Waals surface area (Å²) in [4.78, 5) is 0. The van der Waals surface area contributed by atoms with Gasteiger partial charge in [-0.05, 0) is 0 Å². The summed E-state index contributed by atoms with van der Waals surface area (Å²) in [6.45, 7) is 0. The van der Waals surface area contributed by atoms with E-state index in [-0.39, 0.29) is 51.4 Å². The maximum atomic E-state index is 12.8. The molecule has 0 radical (unpaired) electrons. The van der Waals surface area contributed by atoms with Crippen molar-refractivity contribution < 1.29 is 117 Å².